The molecule has 0 saturated carbocycles. The fourth-order valence-corrected chi connectivity index (χ4v) is 2.82. The largest absolute Gasteiger partial charge is 0.481 e. The van der Waals surface area contributed by atoms with E-state index in [9.17, 15) is 4.79 Å². The van der Waals surface area contributed by atoms with Crippen LogP contribution in [0.1, 0.15) is 12.8 Å². The van der Waals surface area contributed by atoms with Crippen molar-refractivity contribution in [1.82, 2.24) is 0 Å². The minimum Gasteiger partial charge on any atom is -0.481 e. The van der Waals surface area contributed by atoms with Gasteiger partial charge in [0.2, 0.25) is 0 Å². The Morgan fingerprint density at radius 2 is 2.50 bits per heavy atom. The summed E-state index contributed by atoms with van der Waals surface area (Å²) in [4.78, 5) is 10.7. The van der Waals surface area contributed by atoms with Crippen LogP contribution in [0.4, 0.5) is 0 Å². The van der Waals surface area contributed by atoms with E-state index >= 15 is 0 Å². The van der Waals surface area contributed by atoms with Gasteiger partial charge in [-0.15, -0.1) is 0 Å². The van der Waals surface area contributed by atoms with E-state index in [0.717, 1.165) is 18.6 Å². The molecule has 0 bridgehead atoms. The number of carboxylic acids is 1. The zero-order valence-electron chi connectivity index (χ0n) is 7.03. The topological polar surface area (TPSA) is 63.3 Å². The summed E-state index contributed by atoms with van der Waals surface area (Å²) in [6, 6.07) is 0. The summed E-state index contributed by atoms with van der Waals surface area (Å²) >= 11 is 1.85. The predicted octanol–water partition coefficient (Wildman–Crippen LogP) is 0.789. The van der Waals surface area contributed by atoms with Crippen LogP contribution < -0.4 is 5.73 Å². The molecule has 4 heteroatoms. The van der Waals surface area contributed by atoms with Gasteiger partial charge in [0.05, 0.1) is 5.92 Å². The number of carboxylic acid groups (broad SMARTS) is 1. The molecule has 0 aliphatic carbocycles. The molecule has 12 heavy (non-hydrogen) atoms. The normalized spacial score (nSPS) is 26.6. The number of hydrogen-bond donors (Lipinski definition) is 2. The van der Waals surface area contributed by atoms with Crippen molar-refractivity contribution in [3.05, 3.63) is 0 Å². The number of carbonyl (C=O) groups is 1. The number of rotatable bonds is 3. The smallest absolute Gasteiger partial charge is 0.308 e. The Bertz CT molecular complexity index is 157. The molecular weight excluding hydrogens is 174 g/mol. The molecule has 70 valence electrons. The molecule has 1 aliphatic heterocycles. The van der Waals surface area contributed by atoms with Gasteiger partial charge < -0.3 is 10.8 Å². The molecule has 1 saturated heterocycles. The first-order valence-corrected chi connectivity index (χ1v) is 5.41. The predicted molar refractivity (Wildman–Crippen MR) is 50.2 cm³/mol. The van der Waals surface area contributed by atoms with Crippen molar-refractivity contribution >= 4 is 17.7 Å². The van der Waals surface area contributed by atoms with Gasteiger partial charge in [0, 0.05) is 6.54 Å². The lowest BCUT2D eigenvalue weighted by Gasteiger charge is -2.25. The van der Waals surface area contributed by atoms with Crippen molar-refractivity contribution in [1.29, 1.82) is 0 Å². The third kappa shape index (κ3) is 2.38. The van der Waals surface area contributed by atoms with E-state index < -0.39 is 5.97 Å². The van der Waals surface area contributed by atoms with Crippen LogP contribution in [0.2, 0.25) is 0 Å². The van der Waals surface area contributed by atoms with Gasteiger partial charge in [-0.3, -0.25) is 4.79 Å². The quantitative estimate of drug-likeness (QED) is 0.689. The van der Waals surface area contributed by atoms with Crippen LogP contribution >= 0.6 is 11.8 Å². The highest BCUT2D eigenvalue weighted by atomic mass is 32.2. The Morgan fingerprint density at radius 3 is 2.92 bits per heavy atom. The van der Waals surface area contributed by atoms with Crippen LogP contribution in [-0.4, -0.2) is 29.1 Å². The van der Waals surface area contributed by atoms with Gasteiger partial charge in [0.15, 0.2) is 0 Å². The van der Waals surface area contributed by atoms with Gasteiger partial charge in [0.1, 0.15) is 0 Å². The van der Waals surface area contributed by atoms with Crippen LogP contribution in [0.25, 0.3) is 0 Å². The van der Waals surface area contributed by atoms with E-state index in [1.807, 2.05) is 11.8 Å². The van der Waals surface area contributed by atoms with E-state index in [1.54, 1.807) is 0 Å². The Morgan fingerprint density at radius 1 is 1.75 bits per heavy atom. The van der Waals surface area contributed by atoms with Crippen molar-refractivity contribution in [2.24, 2.45) is 17.6 Å². The molecule has 3 nitrogen and oxygen atoms in total. The van der Waals surface area contributed by atoms with Crippen molar-refractivity contribution in [3.8, 4) is 0 Å². The van der Waals surface area contributed by atoms with Crippen molar-refractivity contribution in [2.75, 3.05) is 18.1 Å². The number of nitrogens with two attached hydrogens (primary N) is 1. The minimum atomic E-state index is -0.731. The van der Waals surface area contributed by atoms with E-state index in [1.165, 1.54) is 5.75 Å². The molecule has 2 atom stereocenters. The lowest BCUT2D eigenvalue weighted by molar-refractivity contribution is -0.143. The van der Waals surface area contributed by atoms with Crippen LogP contribution in [0.3, 0.4) is 0 Å². The molecule has 0 spiro atoms. The molecular formula is C8H15NO2S. The third-order valence-corrected chi connectivity index (χ3v) is 3.58. The van der Waals surface area contributed by atoms with Gasteiger partial charge in [-0.25, -0.2) is 0 Å². The summed E-state index contributed by atoms with van der Waals surface area (Å²) in [7, 11) is 0. The summed E-state index contributed by atoms with van der Waals surface area (Å²) in [5.41, 5.74) is 5.41. The summed E-state index contributed by atoms with van der Waals surface area (Å²) in [6.45, 7) is 0.278. The van der Waals surface area contributed by atoms with Crippen LogP contribution in [0.15, 0.2) is 0 Å². The number of aliphatic carboxylic acids is 1. The summed E-state index contributed by atoms with van der Waals surface area (Å²) in [5.74, 6) is 1.38. The average Bonchev–Trinajstić information content (AvgIpc) is 2.07. The van der Waals surface area contributed by atoms with Gasteiger partial charge in [0.25, 0.3) is 0 Å². The van der Waals surface area contributed by atoms with Crippen molar-refractivity contribution in [2.45, 2.75) is 12.8 Å². The lowest BCUT2D eigenvalue weighted by Crippen LogP contribution is -2.33. The van der Waals surface area contributed by atoms with E-state index in [0.29, 0.717) is 5.92 Å². The van der Waals surface area contributed by atoms with Crippen LogP contribution in [0, 0.1) is 11.8 Å². The second-order valence-electron chi connectivity index (χ2n) is 3.16. The first-order chi connectivity index (χ1) is 5.75. The zero-order chi connectivity index (χ0) is 8.97. The first-order valence-electron chi connectivity index (χ1n) is 4.26. The average molecular weight is 189 g/mol. The highest BCUT2D eigenvalue weighted by Crippen LogP contribution is 2.28. The minimum absolute atomic E-state index is 0.278. The Labute approximate surface area is 76.7 Å². The fraction of sp³-hybridized carbons (Fsp3) is 0.875. The Hall–Kier alpha value is -0.220. The summed E-state index contributed by atoms with van der Waals surface area (Å²) in [6.07, 6.45) is 2.17. The highest BCUT2D eigenvalue weighted by Gasteiger charge is 2.27. The van der Waals surface area contributed by atoms with Crippen LogP contribution in [-0.2, 0) is 4.79 Å². The monoisotopic (exact) mass is 189 g/mol. The van der Waals surface area contributed by atoms with Crippen molar-refractivity contribution < 1.29 is 9.90 Å². The lowest BCUT2D eigenvalue weighted by atomic mass is 9.90. The third-order valence-electron chi connectivity index (χ3n) is 2.34. The number of hydrogen-bond acceptors (Lipinski definition) is 3. The maximum atomic E-state index is 10.7. The molecule has 0 radical (unpaired) electrons. The Balaban J connectivity index is 2.46. The maximum absolute atomic E-state index is 10.7. The second kappa shape index (κ2) is 4.72. The molecule has 1 fully saturated rings. The standard InChI is InChI=1S/C8H15NO2S/c9-4-7(8(10)11)6-2-1-3-12-5-6/h6-7H,1-5,9H2,(H,10,11). The molecule has 0 aromatic rings. The summed E-state index contributed by atoms with van der Waals surface area (Å²) < 4.78 is 0. The van der Waals surface area contributed by atoms with E-state index in [-0.39, 0.29) is 12.5 Å². The molecule has 1 aliphatic rings. The fourth-order valence-electron chi connectivity index (χ4n) is 1.58. The van der Waals surface area contributed by atoms with Gasteiger partial charge in [-0.1, -0.05) is 0 Å². The summed E-state index contributed by atoms with van der Waals surface area (Å²) in [5, 5.41) is 8.84. The molecule has 1 heterocycles. The number of thioether (sulfide) groups is 1. The van der Waals surface area contributed by atoms with Crippen molar-refractivity contribution in [3.63, 3.8) is 0 Å². The second-order valence-corrected chi connectivity index (χ2v) is 4.31. The highest BCUT2D eigenvalue weighted by molar-refractivity contribution is 7.99. The molecule has 0 amide bonds. The van der Waals surface area contributed by atoms with E-state index in [2.05, 4.69) is 0 Å². The maximum Gasteiger partial charge on any atom is 0.308 e. The molecule has 2 unspecified atom stereocenters. The Kier molecular flexibility index (Phi) is 3.88. The van der Waals surface area contributed by atoms with Gasteiger partial charge in [-0.2, -0.15) is 11.8 Å². The first kappa shape index (κ1) is 9.86. The van der Waals surface area contributed by atoms with Gasteiger partial charge in [-0.05, 0) is 30.3 Å². The molecule has 0 aromatic heterocycles. The SMILES string of the molecule is NCC(C(=O)O)C1CCCSC1. The van der Waals surface area contributed by atoms with E-state index in [4.69, 9.17) is 10.8 Å². The van der Waals surface area contributed by atoms with Crippen LogP contribution in [0.5, 0.6) is 0 Å². The van der Waals surface area contributed by atoms with Gasteiger partial charge >= 0.3 is 5.97 Å². The molecule has 0 aromatic carbocycles. The zero-order valence-corrected chi connectivity index (χ0v) is 7.85. The molecule has 3 N–H and O–H groups in total. The molecule has 1 rings (SSSR count).